The smallest absolute Gasteiger partial charge is 0.229 e. The van der Waals surface area contributed by atoms with Crippen LogP contribution in [0, 0.1) is 12.8 Å². The maximum Gasteiger partial charge on any atom is 0.229 e. The zero-order valence-corrected chi connectivity index (χ0v) is 17.3. The highest BCUT2D eigenvalue weighted by atomic mass is 16.5. The molecule has 1 saturated heterocycles. The molecule has 1 aromatic heterocycles. The number of aromatic nitrogens is 2. The second kappa shape index (κ2) is 8.95. The third-order valence-corrected chi connectivity index (χ3v) is 5.52. The minimum absolute atomic E-state index is 0.0254. The number of anilines is 2. The van der Waals surface area contributed by atoms with Crippen LogP contribution in [0.15, 0.2) is 60.7 Å². The van der Waals surface area contributed by atoms with Gasteiger partial charge in [-0.3, -0.25) is 4.79 Å². The lowest BCUT2D eigenvalue weighted by molar-refractivity contribution is -0.120. The van der Waals surface area contributed by atoms with E-state index in [1.54, 1.807) is 7.11 Å². The standard InChI is InChI=1S/C24H26N4O2/c1-17-7-3-4-11-21(17)22-12-13-23(27-26-22)28-14-6-8-18(16-28)24(29)25-19-9-5-10-20(15-19)30-2/h3-5,7,9-13,15,18H,6,8,14,16H2,1-2H3,(H,25,29). The Balaban J connectivity index is 1.43. The average molecular weight is 402 g/mol. The van der Waals surface area contributed by atoms with Crippen LogP contribution in [0.1, 0.15) is 18.4 Å². The summed E-state index contributed by atoms with van der Waals surface area (Å²) in [4.78, 5) is 15.0. The van der Waals surface area contributed by atoms with Crippen molar-refractivity contribution < 1.29 is 9.53 Å². The first-order valence-electron chi connectivity index (χ1n) is 10.2. The van der Waals surface area contributed by atoms with Gasteiger partial charge in [-0.05, 0) is 49.6 Å². The van der Waals surface area contributed by atoms with Gasteiger partial charge >= 0.3 is 0 Å². The van der Waals surface area contributed by atoms with E-state index in [0.29, 0.717) is 6.54 Å². The quantitative estimate of drug-likeness (QED) is 0.689. The number of rotatable bonds is 5. The van der Waals surface area contributed by atoms with Gasteiger partial charge in [-0.15, -0.1) is 10.2 Å². The first kappa shape index (κ1) is 19.9. The number of hydrogen-bond donors (Lipinski definition) is 1. The Labute approximate surface area is 176 Å². The number of carbonyl (C=O) groups excluding carboxylic acids is 1. The molecule has 2 aromatic carbocycles. The van der Waals surface area contributed by atoms with E-state index in [9.17, 15) is 4.79 Å². The first-order chi connectivity index (χ1) is 14.6. The van der Waals surface area contributed by atoms with Gasteiger partial charge in [0, 0.05) is 30.4 Å². The first-order valence-corrected chi connectivity index (χ1v) is 10.2. The van der Waals surface area contributed by atoms with Crippen molar-refractivity contribution in [3.63, 3.8) is 0 Å². The van der Waals surface area contributed by atoms with Gasteiger partial charge in [-0.2, -0.15) is 0 Å². The molecule has 6 heteroatoms. The van der Waals surface area contributed by atoms with Crippen molar-refractivity contribution >= 4 is 17.4 Å². The van der Waals surface area contributed by atoms with Crippen molar-refractivity contribution in [3.8, 4) is 17.0 Å². The highest BCUT2D eigenvalue weighted by Gasteiger charge is 2.27. The van der Waals surface area contributed by atoms with Crippen LogP contribution in [-0.4, -0.2) is 36.3 Å². The highest BCUT2D eigenvalue weighted by molar-refractivity contribution is 5.93. The van der Waals surface area contributed by atoms with E-state index in [4.69, 9.17) is 4.74 Å². The molecule has 3 aromatic rings. The minimum Gasteiger partial charge on any atom is -0.497 e. The van der Waals surface area contributed by atoms with E-state index in [1.165, 1.54) is 5.56 Å². The molecule has 1 N–H and O–H groups in total. The fourth-order valence-electron chi connectivity index (χ4n) is 3.84. The monoisotopic (exact) mass is 402 g/mol. The maximum absolute atomic E-state index is 12.8. The van der Waals surface area contributed by atoms with Crippen LogP contribution >= 0.6 is 0 Å². The van der Waals surface area contributed by atoms with Gasteiger partial charge in [0.25, 0.3) is 0 Å². The number of amides is 1. The van der Waals surface area contributed by atoms with E-state index in [0.717, 1.165) is 47.9 Å². The Morgan fingerprint density at radius 3 is 2.73 bits per heavy atom. The molecule has 0 spiro atoms. The van der Waals surface area contributed by atoms with Crippen molar-refractivity contribution in [3.05, 3.63) is 66.2 Å². The zero-order chi connectivity index (χ0) is 20.9. The second-order valence-electron chi connectivity index (χ2n) is 7.60. The number of benzene rings is 2. The van der Waals surface area contributed by atoms with Crippen molar-refractivity contribution in [2.75, 3.05) is 30.4 Å². The van der Waals surface area contributed by atoms with Crippen molar-refractivity contribution in [1.82, 2.24) is 10.2 Å². The van der Waals surface area contributed by atoms with Crippen LogP contribution in [0.2, 0.25) is 0 Å². The van der Waals surface area contributed by atoms with Crippen LogP contribution in [-0.2, 0) is 4.79 Å². The van der Waals surface area contributed by atoms with Gasteiger partial charge in [0.15, 0.2) is 5.82 Å². The third-order valence-electron chi connectivity index (χ3n) is 5.52. The van der Waals surface area contributed by atoms with Crippen LogP contribution in [0.5, 0.6) is 5.75 Å². The summed E-state index contributed by atoms with van der Waals surface area (Å²) >= 11 is 0. The average Bonchev–Trinajstić information content (AvgIpc) is 2.80. The van der Waals surface area contributed by atoms with E-state index >= 15 is 0 Å². The predicted molar refractivity (Wildman–Crippen MR) is 119 cm³/mol. The molecular formula is C24H26N4O2. The van der Waals surface area contributed by atoms with E-state index in [1.807, 2.05) is 48.5 Å². The van der Waals surface area contributed by atoms with Gasteiger partial charge in [0.1, 0.15) is 5.75 Å². The van der Waals surface area contributed by atoms with E-state index in [-0.39, 0.29) is 11.8 Å². The fraction of sp³-hybridized carbons (Fsp3) is 0.292. The van der Waals surface area contributed by atoms with Crippen LogP contribution < -0.4 is 15.0 Å². The molecular weight excluding hydrogens is 376 g/mol. The Kier molecular flexibility index (Phi) is 5.93. The Bertz CT molecular complexity index is 1020. The number of nitrogens with zero attached hydrogens (tertiary/aromatic N) is 3. The zero-order valence-electron chi connectivity index (χ0n) is 17.3. The molecule has 2 heterocycles. The number of piperidine rings is 1. The predicted octanol–water partition coefficient (Wildman–Crippen LogP) is 4.32. The van der Waals surface area contributed by atoms with Gasteiger partial charge in [0.05, 0.1) is 18.7 Å². The van der Waals surface area contributed by atoms with Crippen molar-refractivity contribution in [2.24, 2.45) is 5.92 Å². The molecule has 154 valence electrons. The topological polar surface area (TPSA) is 67.3 Å². The second-order valence-corrected chi connectivity index (χ2v) is 7.60. The number of nitrogens with one attached hydrogen (secondary N) is 1. The molecule has 1 aliphatic heterocycles. The summed E-state index contributed by atoms with van der Waals surface area (Å²) in [5.74, 6) is 1.47. The lowest BCUT2D eigenvalue weighted by Gasteiger charge is -2.32. The summed E-state index contributed by atoms with van der Waals surface area (Å²) in [6.07, 6.45) is 1.80. The summed E-state index contributed by atoms with van der Waals surface area (Å²) in [6, 6.07) is 19.6. The normalized spacial score (nSPS) is 16.2. The van der Waals surface area contributed by atoms with Crippen LogP contribution in [0.3, 0.4) is 0 Å². The summed E-state index contributed by atoms with van der Waals surface area (Å²) in [6.45, 7) is 3.58. The molecule has 1 atom stereocenters. The molecule has 1 amide bonds. The van der Waals surface area contributed by atoms with Gasteiger partial charge in [-0.25, -0.2) is 0 Å². The molecule has 0 aliphatic carbocycles. The molecule has 0 saturated carbocycles. The third kappa shape index (κ3) is 4.43. The highest BCUT2D eigenvalue weighted by Crippen LogP contribution is 2.26. The van der Waals surface area contributed by atoms with Crippen molar-refractivity contribution in [1.29, 1.82) is 0 Å². The fourth-order valence-corrected chi connectivity index (χ4v) is 3.84. The van der Waals surface area contributed by atoms with Gasteiger partial charge in [0.2, 0.25) is 5.91 Å². The molecule has 4 rings (SSSR count). The van der Waals surface area contributed by atoms with Gasteiger partial charge in [-0.1, -0.05) is 30.3 Å². The SMILES string of the molecule is COc1cccc(NC(=O)C2CCCN(c3ccc(-c4ccccc4C)nn3)C2)c1. The Morgan fingerprint density at radius 1 is 1.10 bits per heavy atom. The minimum atomic E-state index is -0.0946. The molecule has 1 unspecified atom stereocenters. The maximum atomic E-state index is 12.8. The molecule has 0 bridgehead atoms. The number of methoxy groups -OCH3 is 1. The summed E-state index contributed by atoms with van der Waals surface area (Å²) < 4.78 is 5.23. The summed E-state index contributed by atoms with van der Waals surface area (Å²) in [5.41, 5.74) is 3.87. The molecule has 6 nitrogen and oxygen atoms in total. The largest absolute Gasteiger partial charge is 0.497 e. The Morgan fingerprint density at radius 2 is 1.97 bits per heavy atom. The lowest BCUT2D eigenvalue weighted by atomic mass is 9.97. The molecule has 0 radical (unpaired) electrons. The lowest BCUT2D eigenvalue weighted by Crippen LogP contribution is -2.41. The number of ether oxygens (including phenoxy) is 1. The van der Waals surface area contributed by atoms with E-state index in [2.05, 4.69) is 39.5 Å². The molecule has 1 aliphatic rings. The van der Waals surface area contributed by atoms with Gasteiger partial charge < -0.3 is 15.0 Å². The van der Waals surface area contributed by atoms with Crippen molar-refractivity contribution in [2.45, 2.75) is 19.8 Å². The summed E-state index contributed by atoms with van der Waals surface area (Å²) in [7, 11) is 1.62. The number of carbonyl (C=O) groups is 1. The Hall–Kier alpha value is -3.41. The molecule has 1 fully saturated rings. The molecule has 30 heavy (non-hydrogen) atoms. The van der Waals surface area contributed by atoms with Crippen LogP contribution in [0.4, 0.5) is 11.5 Å². The summed E-state index contributed by atoms with van der Waals surface area (Å²) in [5, 5.41) is 11.9. The van der Waals surface area contributed by atoms with E-state index < -0.39 is 0 Å². The van der Waals surface area contributed by atoms with Crippen LogP contribution in [0.25, 0.3) is 11.3 Å². The number of aryl methyl sites for hydroxylation is 1. The number of hydrogen-bond acceptors (Lipinski definition) is 5.